The lowest BCUT2D eigenvalue weighted by Gasteiger charge is -1.96. The first-order chi connectivity index (χ1) is 6.25. The molecule has 66 valence electrons. The number of hydrogen-bond donors (Lipinski definition) is 2. The van der Waals surface area contributed by atoms with Gasteiger partial charge in [-0.25, -0.2) is 4.79 Å². The number of aromatic amines is 1. The van der Waals surface area contributed by atoms with Crippen LogP contribution in [-0.4, -0.2) is 9.97 Å². The number of rotatable bonds is 1. The number of H-pyrrole nitrogens is 1. The minimum atomic E-state index is -0.414. The Kier molecular flexibility index (Phi) is 1.86. The van der Waals surface area contributed by atoms with E-state index in [9.17, 15) is 4.79 Å². The molecule has 0 atom stereocenters. The highest BCUT2D eigenvalue weighted by atomic mass is 32.1. The molecule has 2 rings (SSSR count). The first-order valence-electron chi connectivity index (χ1n) is 3.66. The maximum atomic E-state index is 11.0. The fourth-order valence-corrected chi connectivity index (χ4v) is 1.74. The first kappa shape index (κ1) is 8.00. The number of anilines is 1. The van der Waals surface area contributed by atoms with Gasteiger partial charge in [0.15, 0.2) is 0 Å². The van der Waals surface area contributed by atoms with Crippen molar-refractivity contribution >= 4 is 17.2 Å². The summed E-state index contributed by atoms with van der Waals surface area (Å²) in [6.45, 7) is 0. The summed E-state index contributed by atoms with van der Waals surface area (Å²) in [4.78, 5) is 18.1. The Morgan fingerprint density at radius 3 is 3.00 bits per heavy atom. The fraction of sp³-hybridized carbons (Fsp3) is 0. The molecule has 4 nitrogen and oxygen atoms in total. The van der Waals surface area contributed by atoms with Crippen LogP contribution in [0.25, 0.3) is 10.6 Å². The molecule has 0 radical (unpaired) electrons. The van der Waals surface area contributed by atoms with Crippen LogP contribution in [0, 0.1) is 0 Å². The van der Waals surface area contributed by atoms with Gasteiger partial charge >= 0.3 is 5.69 Å². The number of hydrogen-bond acceptors (Lipinski definition) is 4. The van der Waals surface area contributed by atoms with Crippen LogP contribution in [0.3, 0.4) is 0 Å². The lowest BCUT2D eigenvalue weighted by atomic mass is 10.3. The van der Waals surface area contributed by atoms with E-state index in [0.29, 0.717) is 5.69 Å². The Balaban J connectivity index is 2.59. The highest BCUT2D eigenvalue weighted by Crippen LogP contribution is 2.21. The molecule has 13 heavy (non-hydrogen) atoms. The average molecular weight is 193 g/mol. The molecule has 0 amide bonds. The third-order valence-corrected chi connectivity index (χ3v) is 2.45. The Morgan fingerprint density at radius 1 is 1.54 bits per heavy atom. The third-order valence-electron chi connectivity index (χ3n) is 1.55. The summed E-state index contributed by atoms with van der Waals surface area (Å²) < 4.78 is 0. The van der Waals surface area contributed by atoms with Crippen molar-refractivity contribution in [1.29, 1.82) is 0 Å². The maximum Gasteiger partial charge on any atom is 0.347 e. The van der Waals surface area contributed by atoms with E-state index in [1.807, 2.05) is 17.5 Å². The smallest absolute Gasteiger partial charge is 0.347 e. The minimum absolute atomic E-state index is 0.243. The van der Waals surface area contributed by atoms with Crippen molar-refractivity contribution in [3.05, 3.63) is 34.1 Å². The van der Waals surface area contributed by atoms with Gasteiger partial charge in [-0.1, -0.05) is 6.07 Å². The zero-order chi connectivity index (χ0) is 9.26. The Bertz CT molecular complexity index is 460. The lowest BCUT2D eigenvalue weighted by molar-refractivity contribution is 1.09. The zero-order valence-corrected chi connectivity index (χ0v) is 7.47. The Labute approximate surface area is 78.1 Å². The van der Waals surface area contributed by atoms with Gasteiger partial charge in [-0.3, -0.25) is 0 Å². The second kappa shape index (κ2) is 3.02. The van der Waals surface area contributed by atoms with Crippen molar-refractivity contribution in [1.82, 2.24) is 9.97 Å². The lowest BCUT2D eigenvalue weighted by Crippen LogP contribution is -2.12. The van der Waals surface area contributed by atoms with Crippen molar-refractivity contribution in [3.63, 3.8) is 0 Å². The summed E-state index contributed by atoms with van der Waals surface area (Å²) in [5, 5.41) is 1.93. The number of nitrogens with one attached hydrogen (secondary N) is 1. The molecule has 0 fully saturated rings. The van der Waals surface area contributed by atoms with Gasteiger partial charge in [0.2, 0.25) is 0 Å². The van der Waals surface area contributed by atoms with Crippen LogP contribution in [0.2, 0.25) is 0 Å². The molecule has 0 aliphatic heterocycles. The number of aromatic nitrogens is 2. The van der Waals surface area contributed by atoms with Crippen molar-refractivity contribution < 1.29 is 0 Å². The van der Waals surface area contributed by atoms with E-state index in [-0.39, 0.29) is 5.82 Å². The van der Waals surface area contributed by atoms with Gasteiger partial charge in [0.05, 0.1) is 10.6 Å². The molecule has 0 aromatic carbocycles. The SMILES string of the molecule is Nc1cc(-c2cccs2)[nH]c(=O)n1. The van der Waals surface area contributed by atoms with E-state index >= 15 is 0 Å². The molecule has 0 spiro atoms. The monoisotopic (exact) mass is 193 g/mol. The molecule has 0 aliphatic carbocycles. The summed E-state index contributed by atoms with van der Waals surface area (Å²) in [7, 11) is 0. The number of thiophene rings is 1. The molecular formula is C8H7N3OS. The maximum absolute atomic E-state index is 11.0. The molecule has 0 unspecified atom stereocenters. The van der Waals surface area contributed by atoms with Crippen molar-refractivity contribution in [3.8, 4) is 10.6 Å². The summed E-state index contributed by atoms with van der Waals surface area (Å²) in [5.74, 6) is 0.243. The van der Waals surface area contributed by atoms with Gasteiger partial charge in [0, 0.05) is 6.07 Å². The minimum Gasteiger partial charge on any atom is -0.383 e. The molecule has 0 aliphatic rings. The first-order valence-corrected chi connectivity index (χ1v) is 4.54. The molecule has 0 saturated heterocycles. The highest BCUT2D eigenvalue weighted by Gasteiger charge is 2.00. The van der Waals surface area contributed by atoms with Gasteiger partial charge in [-0.15, -0.1) is 11.3 Å². The van der Waals surface area contributed by atoms with Gasteiger partial charge in [0.25, 0.3) is 0 Å². The zero-order valence-electron chi connectivity index (χ0n) is 6.65. The largest absolute Gasteiger partial charge is 0.383 e. The molecule has 0 saturated carbocycles. The topological polar surface area (TPSA) is 71.8 Å². The standard InChI is InChI=1S/C8H7N3OS/c9-7-4-5(10-8(12)11-7)6-2-1-3-13-6/h1-4H,(H3,9,10,11,12). The highest BCUT2D eigenvalue weighted by molar-refractivity contribution is 7.13. The molecule has 2 aromatic heterocycles. The van der Waals surface area contributed by atoms with Crippen LogP contribution in [0.15, 0.2) is 28.4 Å². The molecule has 0 bridgehead atoms. The van der Waals surface area contributed by atoms with E-state index in [1.54, 1.807) is 6.07 Å². The summed E-state index contributed by atoms with van der Waals surface area (Å²) in [6, 6.07) is 5.47. The third kappa shape index (κ3) is 1.59. The van der Waals surface area contributed by atoms with E-state index < -0.39 is 5.69 Å². The number of nitrogens with zero attached hydrogens (tertiary/aromatic N) is 1. The van der Waals surface area contributed by atoms with Gasteiger partial charge in [-0.2, -0.15) is 4.98 Å². The normalized spacial score (nSPS) is 10.2. The molecule has 2 heterocycles. The number of nitrogens with two attached hydrogens (primary N) is 1. The van der Waals surface area contributed by atoms with Crippen LogP contribution in [-0.2, 0) is 0 Å². The van der Waals surface area contributed by atoms with Crippen LogP contribution in [0.1, 0.15) is 0 Å². The van der Waals surface area contributed by atoms with Crippen LogP contribution in [0.5, 0.6) is 0 Å². The van der Waals surface area contributed by atoms with Crippen LogP contribution in [0.4, 0.5) is 5.82 Å². The molecule has 2 aromatic rings. The second-order valence-corrected chi connectivity index (χ2v) is 3.45. The van der Waals surface area contributed by atoms with Crippen molar-refractivity contribution in [2.24, 2.45) is 0 Å². The Hall–Kier alpha value is -1.62. The second-order valence-electron chi connectivity index (χ2n) is 2.50. The quantitative estimate of drug-likeness (QED) is 0.711. The summed E-state index contributed by atoms with van der Waals surface area (Å²) >= 11 is 1.54. The Morgan fingerprint density at radius 2 is 2.38 bits per heavy atom. The number of nitrogen functional groups attached to an aromatic ring is 1. The van der Waals surface area contributed by atoms with Gasteiger partial charge in [-0.05, 0) is 11.4 Å². The average Bonchev–Trinajstić information content (AvgIpc) is 2.53. The van der Waals surface area contributed by atoms with E-state index in [2.05, 4.69) is 9.97 Å². The summed E-state index contributed by atoms with van der Waals surface area (Å²) in [5.41, 5.74) is 5.74. The van der Waals surface area contributed by atoms with Crippen LogP contribution < -0.4 is 11.4 Å². The molecular weight excluding hydrogens is 186 g/mol. The summed E-state index contributed by atoms with van der Waals surface area (Å²) in [6.07, 6.45) is 0. The van der Waals surface area contributed by atoms with Gasteiger partial charge in [0.1, 0.15) is 5.82 Å². The van der Waals surface area contributed by atoms with Gasteiger partial charge < -0.3 is 10.7 Å². The van der Waals surface area contributed by atoms with Crippen LogP contribution >= 0.6 is 11.3 Å². The van der Waals surface area contributed by atoms with E-state index in [0.717, 1.165) is 4.88 Å². The molecule has 3 N–H and O–H groups in total. The van der Waals surface area contributed by atoms with Crippen molar-refractivity contribution in [2.75, 3.05) is 5.73 Å². The van der Waals surface area contributed by atoms with E-state index in [4.69, 9.17) is 5.73 Å². The predicted octanol–water partition coefficient (Wildman–Crippen LogP) is 1.08. The fourth-order valence-electron chi connectivity index (χ4n) is 1.04. The van der Waals surface area contributed by atoms with E-state index in [1.165, 1.54) is 11.3 Å². The predicted molar refractivity (Wildman–Crippen MR) is 52.6 cm³/mol. The molecule has 5 heteroatoms. The van der Waals surface area contributed by atoms with Crippen molar-refractivity contribution in [2.45, 2.75) is 0 Å².